The lowest BCUT2D eigenvalue weighted by atomic mass is 9.97. The molecule has 0 N–H and O–H groups in total. The summed E-state index contributed by atoms with van der Waals surface area (Å²) in [7, 11) is 1.10. The van der Waals surface area contributed by atoms with E-state index in [4.69, 9.17) is 4.74 Å². The average molecular weight is 361 g/mol. The first-order chi connectivity index (χ1) is 12.2. The molecule has 1 unspecified atom stereocenters. The van der Waals surface area contributed by atoms with Crippen molar-refractivity contribution in [2.45, 2.75) is 102 Å². The maximum Gasteiger partial charge on any atom is 0.0723 e. The highest BCUT2D eigenvalue weighted by Gasteiger charge is 2.29. The molecule has 1 aliphatic heterocycles. The van der Waals surface area contributed by atoms with E-state index in [-0.39, 0.29) is 5.22 Å². The fourth-order valence-corrected chi connectivity index (χ4v) is 4.89. The van der Waals surface area contributed by atoms with Gasteiger partial charge in [0.1, 0.15) is 0 Å². The molecule has 0 saturated carbocycles. The molecule has 0 aliphatic carbocycles. The number of rotatable bonds is 12. The Morgan fingerprint density at radius 2 is 1.44 bits per heavy atom. The van der Waals surface area contributed by atoms with Crippen LogP contribution in [0, 0.1) is 0 Å². The Morgan fingerprint density at radius 3 is 2.00 bits per heavy atom. The molecule has 2 rings (SSSR count). The number of ether oxygens (including phenoxy) is 1. The predicted octanol–water partition coefficient (Wildman–Crippen LogP) is 5.87. The first-order valence-corrected chi connectivity index (χ1v) is 12.0. The molecule has 1 fully saturated rings. The highest BCUT2D eigenvalue weighted by atomic mass is 28.1. The fraction of sp³-hybridized carbons (Fsp3) is 0.739. The van der Waals surface area contributed by atoms with Crippen molar-refractivity contribution >= 4 is 10.2 Å². The van der Waals surface area contributed by atoms with Crippen molar-refractivity contribution < 1.29 is 4.74 Å². The van der Waals surface area contributed by atoms with Crippen molar-refractivity contribution in [3.8, 4) is 0 Å². The van der Waals surface area contributed by atoms with E-state index in [0.717, 1.165) is 16.8 Å². The largest absolute Gasteiger partial charge is 0.375 e. The zero-order chi connectivity index (χ0) is 17.8. The molecule has 25 heavy (non-hydrogen) atoms. The molecular formula is C23H40OSi. The third-order valence-electron chi connectivity index (χ3n) is 5.85. The van der Waals surface area contributed by atoms with Gasteiger partial charge in [-0.3, -0.25) is 0 Å². The Hall–Kier alpha value is -0.603. The number of benzene rings is 1. The van der Waals surface area contributed by atoms with Crippen molar-refractivity contribution in [2.24, 2.45) is 0 Å². The molecule has 1 heterocycles. The van der Waals surface area contributed by atoms with Gasteiger partial charge >= 0.3 is 0 Å². The molecule has 0 bridgehead atoms. The van der Waals surface area contributed by atoms with Crippen LogP contribution in [0.4, 0.5) is 0 Å². The van der Waals surface area contributed by atoms with Gasteiger partial charge in [-0.2, -0.15) is 0 Å². The zero-order valence-corrected chi connectivity index (χ0v) is 18.8. The molecule has 0 radical (unpaired) electrons. The molecule has 1 aromatic rings. The van der Waals surface area contributed by atoms with Gasteiger partial charge in [-0.15, -0.1) is 0 Å². The van der Waals surface area contributed by atoms with Crippen LogP contribution < -0.4 is 0 Å². The van der Waals surface area contributed by atoms with Crippen LogP contribution in [0.3, 0.4) is 0 Å². The highest BCUT2D eigenvalue weighted by Crippen LogP contribution is 2.32. The predicted molar refractivity (Wildman–Crippen MR) is 113 cm³/mol. The zero-order valence-electron chi connectivity index (χ0n) is 16.8. The van der Waals surface area contributed by atoms with Gasteiger partial charge in [0.2, 0.25) is 0 Å². The molecule has 1 saturated heterocycles. The van der Waals surface area contributed by atoms with Crippen molar-refractivity contribution in [1.82, 2.24) is 0 Å². The summed E-state index contributed by atoms with van der Waals surface area (Å²) in [6.45, 7) is 3.24. The molecular weight excluding hydrogens is 320 g/mol. The van der Waals surface area contributed by atoms with Gasteiger partial charge in [0.05, 0.1) is 5.22 Å². The van der Waals surface area contributed by atoms with Gasteiger partial charge in [0.25, 0.3) is 0 Å². The van der Waals surface area contributed by atoms with E-state index in [1.807, 2.05) is 0 Å². The molecule has 0 spiro atoms. The molecule has 142 valence electrons. The number of unbranched alkanes of at least 4 members (excludes halogenated alkanes) is 9. The van der Waals surface area contributed by atoms with Crippen molar-refractivity contribution in [3.05, 3.63) is 35.4 Å². The van der Waals surface area contributed by atoms with Crippen molar-refractivity contribution in [2.75, 3.05) is 6.61 Å². The van der Waals surface area contributed by atoms with E-state index in [1.54, 1.807) is 0 Å². The number of hydrogen-bond donors (Lipinski definition) is 0. The minimum absolute atomic E-state index is 0.0912. The van der Waals surface area contributed by atoms with Crippen molar-refractivity contribution in [3.63, 3.8) is 0 Å². The van der Waals surface area contributed by atoms with E-state index in [2.05, 4.69) is 31.2 Å². The minimum atomic E-state index is 0.0912. The Kier molecular flexibility index (Phi) is 9.86. The van der Waals surface area contributed by atoms with Crippen molar-refractivity contribution in [1.29, 1.82) is 0 Å². The molecule has 1 atom stereocenters. The summed E-state index contributed by atoms with van der Waals surface area (Å²) in [5.74, 6) is 0. The minimum Gasteiger partial charge on any atom is -0.375 e. The smallest absolute Gasteiger partial charge is 0.0723 e. The summed E-state index contributed by atoms with van der Waals surface area (Å²) in [6, 6.07) is 9.37. The average Bonchev–Trinajstić information content (AvgIpc) is 2.64. The molecule has 1 aliphatic rings. The Bertz CT molecular complexity index is 448. The Balaban J connectivity index is 1.56. The normalized spacial score (nSPS) is 20.8. The Labute approximate surface area is 159 Å². The second-order valence-electron chi connectivity index (χ2n) is 8.17. The SMILES string of the molecule is CCCCCCCCCCCCc1ccc(C2([SiH3])CCCCO2)cc1. The first-order valence-electron chi connectivity index (χ1n) is 11.0. The monoisotopic (exact) mass is 360 g/mol. The van der Waals surface area contributed by atoms with Crippen LogP contribution in [0.5, 0.6) is 0 Å². The van der Waals surface area contributed by atoms with E-state index < -0.39 is 0 Å². The molecule has 1 nitrogen and oxygen atoms in total. The second-order valence-corrected chi connectivity index (χ2v) is 9.78. The van der Waals surface area contributed by atoms with Gasteiger partial charge in [0.15, 0.2) is 0 Å². The van der Waals surface area contributed by atoms with Crippen LogP contribution in [0.2, 0.25) is 0 Å². The number of hydrogen-bond acceptors (Lipinski definition) is 1. The molecule has 2 heteroatoms. The third kappa shape index (κ3) is 7.66. The summed E-state index contributed by atoms with van der Waals surface area (Å²) in [5, 5.41) is 0.0912. The van der Waals surface area contributed by atoms with E-state index in [9.17, 15) is 0 Å². The molecule has 1 aromatic carbocycles. The van der Waals surface area contributed by atoms with Gasteiger partial charge in [-0.1, -0.05) is 89.0 Å². The summed E-state index contributed by atoms with van der Waals surface area (Å²) < 4.78 is 6.12. The molecule has 0 aromatic heterocycles. The summed E-state index contributed by atoms with van der Waals surface area (Å²) >= 11 is 0. The van der Waals surface area contributed by atoms with Gasteiger partial charge in [0, 0.05) is 16.8 Å². The lowest BCUT2D eigenvalue weighted by Crippen LogP contribution is -2.33. The van der Waals surface area contributed by atoms with E-state index in [0.29, 0.717) is 0 Å². The van der Waals surface area contributed by atoms with Crippen LogP contribution >= 0.6 is 0 Å². The third-order valence-corrected chi connectivity index (χ3v) is 7.22. The summed E-state index contributed by atoms with van der Waals surface area (Å²) in [6.07, 6.45) is 19.2. The fourth-order valence-electron chi connectivity index (χ4n) is 4.00. The maximum atomic E-state index is 6.12. The Morgan fingerprint density at radius 1 is 0.840 bits per heavy atom. The second kappa shape index (κ2) is 11.9. The maximum absolute atomic E-state index is 6.12. The van der Waals surface area contributed by atoms with Crippen LogP contribution in [0.1, 0.15) is 102 Å². The van der Waals surface area contributed by atoms with Crippen LogP contribution in [0.25, 0.3) is 0 Å². The van der Waals surface area contributed by atoms with Crippen LogP contribution in [0.15, 0.2) is 24.3 Å². The lowest BCUT2D eigenvalue weighted by Gasteiger charge is -2.34. The first kappa shape index (κ1) is 20.7. The summed E-state index contributed by atoms with van der Waals surface area (Å²) in [4.78, 5) is 0. The van der Waals surface area contributed by atoms with Crippen LogP contribution in [-0.4, -0.2) is 16.8 Å². The highest BCUT2D eigenvalue weighted by molar-refractivity contribution is 6.14. The quantitative estimate of drug-likeness (QED) is 0.334. The van der Waals surface area contributed by atoms with Gasteiger partial charge < -0.3 is 4.74 Å². The van der Waals surface area contributed by atoms with Gasteiger partial charge in [-0.05, 0) is 43.2 Å². The summed E-state index contributed by atoms with van der Waals surface area (Å²) in [5.41, 5.74) is 2.93. The molecule has 0 amide bonds. The van der Waals surface area contributed by atoms with Gasteiger partial charge in [-0.25, -0.2) is 0 Å². The van der Waals surface area contributed by atoms with Crippen LogP contribution in [-0.2, 0) is 16.4 Å². The topological polar surface area (TPSA) is 9.23 Å². The number of aryl methyl sites for hydroxylation is 1. The van der Waals surface area contributed by atoms with E-state index in [1.165, 1.54) is 101 Å². The van der Waals surface area contributed by atoms with E-state index >= 15 is 0 Å². The standard InChI is InChI=1S/C23H40OSi/c1-2-3-4-5-6-7-8-9-10-11-14-21-15-17-22(18-16-21)23(25)19-12-13-20-24-23/h15-18H,2-14,19-20H2,1,25H3. The lowest BCUT2D eigenvalue weighted by molar-refractivity contribution is -0.0210.